The summed E-state index contributed by atoms with van der Waals surface area (Å²) in [7, 11) is 0. The lowest BCUT2D eigenvalue weighted by molar-refractivity contribution is 0.0781. The predicted molar refractivity (Wildman–Crippen MR) is 47.1 cm³/mol. The Bertz CT molecular complexity index is 104. The molecule has 0 unspecified atom stereocenters. The van der Waals surface area contributed by atoms with Crippen molar-refractivity contribution in [2.45, 2.75) is 32.8 Å². The van der Waals surface area contributed by atoms with Crippen LogP contribution in [0, 0.1) is 0 Å². The summed E-state index contributed by atoms with van der Waals surface area (Å²) in [5, 5.41) is 0. The molecule has 10 heavy (non-hydrogen) atoms. The summed E-state index contributed by atoms with van der Waals surface area (Å²) in [6, 6.07) is 0. The molecule has 0 spiro atoms. The van der Waals surface area contributed by atoms with Gasteiger partial charge in [-0.3, -0.25) is 0 Å². The zero-order valence-corrected chi connectivity index (χ0v) is 7.41. The molecule has 3 heteroatoms. The van der Waals surface area contributed by atoms with Gasteiger partial charge in [-0.15, -0.1) is 0 Å². The summed E-state index contributed by atoms with van der Waals surface area (Å²) in [5.74, 6) is 0. The van der Waals surface area contributed by atoms with E-state index in [9.17, 15) is 0 Å². The van der Waals surface area contributed by atoms with Crippen molar-refractivity contribution in [3.8, 4) is 0 Å². The first-order chi connectivity index (χ1) is 4.63. The van der Waals surface area contributed by atoms with Crippen LogP contribution in [0.2, 0.25) is 0 Å². The van der Waals surface area contributed by atoms with Gasteiger partial charge in [0.25, 0.3) is 0 Å². The first-order valence-electron chi connectivity index (χ1n) is 3.53. The molecule has 0 aromatic heterocycles. The molecule has 0 aliphatic carbocycles. The van der Waals surface area contributed by atoms with Gasteiger partial charge in [0.15, 0.2) is 0 Å². The Morgan fingerprint density at radius 2 is 2.20 bits per heavy atom. The second-order valence-electron chi connectivity index (χ2n) is 2.49. The number of nitrogens with two attached hydrogens (primary N) is 1. The van der Waals surface area contributed by atoms with Gasteiger partial charge < -0.3 is 10.5 Å². The van der Waals surface area contributed by atoms with E-state index in [4.69, 9.17) is 22.7 Å². The zero-order valence-electron chi connectivity index (χ0n) is 6.59. The van der Waals surface area contributed by atoms with Crippen molar-refractivity contribution < 1.29 is 4.74 Å². The lowest BCUT2D eigenvalue weighted by Gasteiger charge is -2.05. The van der Waals surface area contributed by atoms with Crippen LogP contribution in [0.15, 0.2) is 0 Å². The summed E-state index contributed by atoms with van der Waals surface area (Å²) < 4.78 is 5.28. The van der Waals surface area contributed by atoms with Gasteiger partial charge in [0, 0.05) is 6.61 Å². The molecule has 0 heterocycles. The first-order valence-corrected chi connectivity index (χ1v) is 3.93. The maximum absolute atomic E-state index is 5.29. The van der Waals surface area contributed by atoms with E-state index >= 15 is 0 Å². The number of hydrogen-bond donors (Lipinski definition) is 1. The van der Waals surface area contributed by atoms with Crippen molar-refractivity contribution in [2.75, 3.05) is 6.61 Å². The highest BCUT2D eigenvalue weighted by atomic mass is 32.1. The predicted octanol–water partition coefficient (Wildman–Crippen LogP) is 1.48. The van der Waals surface area contributed by atoms with Crippen molar-refractivity contribution in [2.24, 2.45) is 5.73 Å². The molecular formula is C7H15NOS. The third kappa shape index (κ3) is 7.85. The summed E-state index contributed by atoms with van der Waals surface area (Å²) in [5.41, 5.74) is 5.29. The Morgan fingerprint density at radius 3 is 2.60 bits per heavy atom. The minimum atomic E-state index is 0.311. The summed E-state index contributed by atoms with van der Waals surface area (Å²) in [4.78, 5) is 0.576. The molecule has 0 saturated heterocycles. The van der Waals surface area contributed by atoms with Gasteiger partial charge in [-0.2, -0.15) is 0 Å². The monoisotopic (exact) mass is 161 g/mol. The van der Waals surface area contributed by atoms with E-state index in [1.807, 2.05) is 13.8 Å². The average Bonchev–Trinajstić information content (AvgIpc) is 1.79. The minimum Gasteiger partial charge on any atom is -0.393 e. The highest BCUT2D eigenvalue weighted by Crippen LogP contribution is 1.93. The molecule has 0 aliphatic rings. The zero-order chi connectivity index (χ0) is 7.98. The molecular weight excluding hydrogens is 146 g/mol. The lowest BCUT2D eigenvalue weighted by Crippen LogP contribution is -2.10. The molecule has 60 valence electrons. The molecule has 0 atom stereocenters. The third-order valence-electron chi connectivity index (χ3n) is 1.02. The third-order valence-corrected chi connectivity index (χ3v) is 1.22. The fraction of sp³-hybridized carbons (Fsp3) is 0.857. The van der Waals surface area contributed by atoms with Crippen molar-refractivity contribution in [3.63, 3.8) is 0 Å². The topological polar surface area (TPSA) is 35.2 Å². The van der Waals surface area contributed by atoms with Crippen LogP contribution < -0.4 is 5.73 Å². The van der Waals surface area contributed by atoms with Crippen molar-refractivity contribution >= 4 is 17.2 Å². The van der Waals surface area contributed by atoms with Gasteiger partial charge in [0.05, 0.1) is 11.1 Å². The van der Waals surface area contributed by atoms with E-state index in [0.717, 1.165) is 19.4 Å². The van der Waals surface area contributed by atoms with Crippen LogP contribution in [0.1, 0.15) is 26.7 Å². The van der Waals surface area contributed by atoms with E-state index in [2.05, 4.69) is 0 Å². The maximum atomic E-state index is 5.29. The molecule has 0 radical (unpaired) electrons. The summed E-state index contributed by atoms with van der Waals surface area (Å²) >= 11 is 4.70. The SMILES string of the molecule is CC(C)OCCCC(N)=S. The standard InChI is InChI=1S/C7H15NOS/c1-6(2)9-5-3-4-7(8)10/h6H,3-5H2,1-2H3,(H2,8,10). The molecule has 0 amide bonds. The van der Waals surface area contributed by atoms with E-state index in [1.165, 1.54) is 0 Å². The highest BCUT2D eigenvalue weighted by molar-refractivity contribution is 7.80. The molecule has 0 fully saturated rings. The Labute approximate surface area is 67.7 Å². The molecule has 0 aromatic carbocycles. The van der Waals surface area contributed by atoms with E-state index in [1.54, 1.807) is 0 Å². The van der Waals surface area contributed by atoms with Crippen molar-refractivity contribution in [1.29, 1.82) is 0 Å². The second kappa shape index (κ2) is 5.62. The van der Waals surface area contributed by atoms with E-state index in [0.29, 0.717) is 11.1 Å². The van der Waals surface area contributed by atoms with Crippen LogP contribution in [0.25, 0.3) is 0 Å². The lowest BCUT2D eigenvalue weighted by atomic mass is 10.3. The van der Waals surface area contributed by atoms with Gasteiger partial charge in [0.2, 0.25) is 0 Å². The number of ether oxygens (including phenoxy) is 1. The molecule has 0 saturated carbocycles. The van der Waals surface area contributed by atoms with Gasteiger partial charge in [-0.25, -0.2) is 0 Å². The van der Waals surface area contributed by atoms with Crippen molar-refractivity contribution in [3.05, 3.63) is 0 Å². The van der Waals surface area contributed by atoms with E-state index < -0.39 is 0 Å². The Hall–Kier alpha value is -0.150. The molecule has 0 aromatic rings. The van der Waals surface area contributed by atoms with Crippen molar-refractivity contribution in [1.82, 2.24) is 0 Å². The van der Waals surface area contributed by atoms with Crippen LogP contribution in [0.4, 0.5) is 0 Å². The smallest absolute Gasteiger partial charge is 0.0728 e. The maximum Gasteiger partial charge on any atom is 0.0728 e. The quantitative estimate of drug-likeness (QED) is 0.490. The van der Waals surface area contributed by atoms with E-state index in [-0.39, 0.29) is 0 Å². The van der Waals surface area contributed by atoms with Gasteiger partial charge in [-0.05, 0) is 26.7 Å². The fourth-order valence-electron chi connectivity index (χ4n) is 0.565. The number of thiocarbonyl (C=S) groups is 1. The number of rotatable bonds is 5. The normalized spacial score (nSPS) is 10.3. The summed E-state index contributed by atoms with van der Waals surface area (Å²) in [6.45, 7) is 4.79. The van der Waals surface area contributed by atoms with Crippen LogP contribution >= 0.6 is 12.2 Å². The molecule has 2 nitrogen and oxygen atoms in total. The highest BCUT2D eigenvalue weighted by Gasteiger charge is 1.93. The minimum absolute atomic E-state index is 0.311. The van der Waals surface area contributed by atoms with Crippen LogP contribution in [-0.2, 0) is 4.74 Å². The van der Waals surface area contributed by atoms with Gasteiger partial charge in [0.1, 0.15) is 0 Å². The second-order valence-corrected chi connectivity index (χ2v) is 3.01. The van der Waals surface area contributed by atoms with Gasteiger partial charge >= 0.3 is 0 Å². The largest absolute Gasteiger partial charge is 0.393 e. The Balaban J connectivity index is 2.98. The van der Waals surface area contributed by atoms with Crippen LogP contribution in [0.3, 0.4) is 0 Å². The Kier molecular flexibility index (Phi) is 5.54. The number of hydrogen-bond acceptors (Lipinski definition) is 2. The van der Waals surface area contributed by atoms with Gasteiger partial charge in [-0.1, -0.05) is 12.2 Å². The molecule has 0 aliphatic heterocycles. The van der Waals surface area contributed by atoms with Crippen LogP contribution in [0.5, 0.6) is 0 Å². The first kappa shape index (κ1) is 9.85. The average molecular weight is 161 g/mol. The summed E-state index contributed by atoms with van der Waals surface area (Å²) in [6.07, 6.45) is 2.04. The Morgan fingerprint density at radius 1 is 1.60 bits per heavy atom. The molecule has 0 rings (SSSR count). The fourth-order valence-corrected chi connectivity index (χ4v) is 0.710. The molecule has 0 bridgehead atoms. The van der Waals surface area contributed by atoms with Crippen LogP contribution in [-0.4, -0.2) is 17.7 Å². The molecule has 2 N–H and O–H groups in total.